The number of rotatable bonds is 5. The molecule has 4 rings (SSSR count). The Morgan fingerprint density at radius 3 is 2.32 bits per heavy atom. The molecule has 0 bridgehead atoms. The largest absolute Gasteiger partial charge is 0.451 e. The third-order valence-electron chi connectivity index (χ3n) is 5.07. The second-order valence-electron chi connectivity index (χ2n) is 7.36. The zero-order chi connectivity index (χ0) is 22.0. The van der Waals surface area contributed by atoms with E-state index >= 15 is 0 Å². The number of carbonyl (C=O) groups excluding carboxylic acids is 2. The number of halogens is 1. The van der Waals surface area contributed by atoms with Crippen molar-refractivity contribution in [3.63, 3.8) is 0 Å². The van der Waals surface area contributed by atoms with Crippen LogP contribution >= 0.6 is 15.9 Å². The molecule has 0 fully saturated rings. The minimum Gasteiger partial charge on any atom is -0.451 e. The molecule has 31 heavy (non-hydrogen) atoms. The summed E-state index contributed by atoms with van der Waals surface area (Å²) in [6.07, 6.45) is -0.904. The van der Waals surface area contributed by atoms with Crippen molar-refractivity contribution in [3.05, 3.63) is 100 Å². The van der Waals surface area contributed by atoms with Gasteiger partial charge in [-0.05, 0) is 38.1 Å². The van der Waals surface area contributed by atoms with Crippen LogP contribution in [0, 0.1) is 6.92 Å². The van der Waals surface area contributed by atoms with Gasteiger partial charge in [-0.25, -0.2) is 9.78 Å². The Hall–Kier alpha value is -3.31. The van der Waals surface area contributed by atoms with Gasteiger partial charge in [-0.1, -0.05) is 76.1 Å². The molecule has 0 aliphatic rings. The van der Waals surface area contributed by atoms with Gasteiger partial charge in [-0.15, -0.1) is 0 Å². The number of aryl methyl sites for hydroxylation is 1. The summed E-state index contributed by atoms with van der Waals surface area (Å²) in [5.74, 6) is -0.787. The van der Waals surface area contributed by atoms with Crippen molar-refractivity contribution >= 4 is 38.6 Å². The molecule has 0 saturated heterocycles. The molecule has 5 heteroatoms. The van der Waals surface area contributed by atoms with Crippen molar-refractivity contribution in [1.82, 2.24) is 4.98 Å². The number of hydrogen-bond acceptors (Lipinski definition) is 4. The molecular formula is C26H20BrNO3. The first kappa shape index (κ1) is 20.9. The van der Waals surface area contributed by atoms with Crippen molar-refractivity contribution in [3.8, 4) is 11.3 Å². The topological polar surface area (TPSA) is 56.3 Å². The summed E-state index contributed by atoms with van der Waals surface area (Å²) in [6.45, 7) is 3.55. The Labute approximate surface area is 189 Å². The van der Waals surface area contributed by atoms with Crippen molar-refractivity contribution in [1.29, 1.82) is 0 Å². The zero-order valence-electron chi connectivity index (χ0n) is 17.1. The van der Waals surface area contributed by atoms with Gasteiger partial charge in [-0.3, -0.25) is 4.79 Å². The predicted octanol–water partition coefficient (Wildman–Crippen LogP) is 6.40. The first-order valence-corrected chi connectivity index (χ1v) is 10.7. The molecule has 0 spiro atoms. The van der Waals surface area contributed by atoms with Gasteiger partial charge in [0.2, 0.25) is 5.78 Å². The fraction of sp³-hybridized carbons (Fsp3) is 0.115. The number of nitrogens with zero attached hydrogens (tertiary/aromatic N) is 1. The monoisotopic (exact) mass is 473 g/mol. The molecule has 0 radical (unpaired) electrons. The molecule has 1 aromatic heterocycles. The van der Waals surface area contributed by atoms with Crippen LogP contribution in [0.1, 0.15) is 33.2 Å². The summed E-state index contributed by atoms with van der Waals surface area (Å²) in [4.78, 5) is 30.5. The lowest BCUT2D eigenvalue weighted by Crippen LogP contribution is -2.24. The summed E-state index contributed by atoms with van der Waals surface area (Å²) in [7, 11) is 0. The van der Waals surface area contributed by atoms with Crippen LogP contribution in [0.4, 0.5) is 0 Å². The summed E-state index contributed by atoms with van der Waals surface area (Å²) < 4.78 is 6.54. The highest BCUT2D eigenvalue weighted by atomic mass is 79.9. The van der Waals surface area contributed by atoms with Crippen LogP contribution in [0.3, 0.4) is 0 Å². The van der Waals surface area contributed by atoms with Crippen molar-refractivity contribution < 1.29 is 14.3 Å². The third kappa shape index (κ3) is 4.57. The van der Waals surface area contributed by atoms with Gasteiger partial charge < -0.3 is 4.74 Å². The van der Waals surface area contributed by atoms with E-state index in [2.05, 4.69) is 15.9 Å². The van der Waals surface area contributed by atoms with Crippen LogP contribution in [0.5, 0.6) is 0 Å². The zero-order valence-corrected chi connectivity index (χ0v) is 18.7. The summed E-state index contributed by atoms with van der Waals surface area (Å²) in [5.41, 5.74) is 4.19. The number of esters is 1. The van der Waals surface area contributed by atoms with Crippen LogP contribution in [0.2, 0.25) is 0 Å². The maximum atomic E-state index is 13.1. The lowest BCUT2D eigenvalue weighted by Gasteiger charge is -2.14. The number of Topliss-reactive ketones (excluding diaryl/α,β-unsaturated/α-hetero) is 1. The van der Waals surface area contributed by atoms with Crippen molar-refractivity contribution in [2.75, 3.05) is 0 Å². The first-order chi connectivity index (χ1) is 14.9. The SMILES string of the molecule is Cc1ccc(C(=O)[C@@H](C)OC(=O)c2cc(-c3ccc(Br)cc3)nc3ccccc23)cc1. The van der Waals surface area contributed by atoms with Crippen molar-refractivity contribution in [2.24, 2.45) is 0 Å². The first-order valence-electron chi connectivity index (χ1n) is 9.90. The number of para-hydroxylation sites is 1. The van der Waals surface area contributed by atoms with Gasteiger partial charge in [0.05, 0.1) is 16.8 Å². The maximum Gasteiger partial charge on any atom is 0.339 e. The van der Waals surface area contributed by atoms with Gasteiger partial charge in [0.25, 0.3) is 0 Å². The van der Waals surface area contributed by atoms with E-state index in [9.17, 15) is 9.59 Å². The molecule has 1 atom stereocenters. The van der Waals surface area contributed by atoms with Crippen molar-refractivity contribution in [2.45, 2.75) is 20.0 Å². The molecule has 0 unspecified atom stereocenters. The van der Waals surface area contributed by atoms with E-state index in [1.54, 1.807) is 25.1 Å². The highest BCUT2D eigenvalue weighted by Gasteiger charge is 2.22. The van der Waals surface area contributed by atoms with Crippen LogP contribution < -0.4 is 0 Å². The smallest absolute Gasteiger partial charge is 0.339 e. The lowest BCUT2D eigenvalue weighted by atomic mass is 10.0. The number of carbonyl (C=O) groups is 2. The Morgan fingerprint density at radius 2 is 1.61 bits per heavy atom. The molecule has 0 aliphatic heterocycles. The molecule has 0 saturated carbocycles. The van der Waals surface area contributed by atoms with Gasteiger partial charge in [-0.2, -0.15) is 0 Å². The second-order valence-corrected chi connectivity index (χ2v) is 8.27. The van der Waals surface area contributed by atoms with Crippen LogP contribution in [-0.4, -0.2) is 22.8 Å². The number of fused-ring (bicyclic) bond motifs is 1. The molecule has 4 nitrogen and oxygen atoms in total. The third-order valence-corrected chi connectivity index (χ3v) is 5.59. The Bertz CT molecular complexity index is 1260. The van der Waals surface area contributed by atoms with Gasteiger partial charge in [0.1, 0.15) is 0 Å². The Kier molecular flexibility index (Phi) is 5.96. The summed E-state index contributed by atoms with van der Waals surface area (Å²) >= 11 is 3.43. The van der Waals surface area contributed by atoms with E-state index in [1.165, 1.54) is 0 Å². The van der Waals surface area contributed by atoms with E-state index in [1.807, 2.05) is 67.6 Å². The minimum absolute atomic E-state index is 0.236. The molecule has 0 amide bonds. The van der Waals surface area contributed by atoms with Crippen LogP contribution in [0.25, 0.3) is 22.2 Å². The van der Waals surface area contributed by atoms with Crippen LogP contribution in [0.15, 0.2) is 83.3 Å². The second kappa shape index (κ2) is 8.82. The minimum atomic E-state index is -0.904. The molecule has 3 aromatic carbocycles. The van der Waals surface area contributed by atoms with Gasteiger partial charge >= 0.3 is 5.97 Å². The fourth-order valence-electron chi connectivity index (χ4n) is 3.34. The quantitative estimate of drug-likeness (QED) is 0.248. The molecule has 154 valence electrons. The molecule has 1 heterocycles. The van der Waals surface area contributed by atoms with E-state index in [-0.39, 0.29) is 5.78 Å². The van der Waals surface area contributed by atoms with E-state index in [0.29, 0.717) is 27.7 Å². The predicted molar refractivity (Wildman–Crippen MR) is 125 cm³/mol. The Morgan fingerprint density at radius 1 is 0.935 bits per heavy atom. The number of ketones is 1. The van der Waals surface area contributed by atoms with Gasteiger partial charge in [0.15, 0.2) is 6.10 Å². The molecule has 0 aliphatic carbocycles. The molecule has 4 aromatic rings. The number of aromatic nitrogens is 1. The lowest BCUT2D eigenvalue weighted by molar-refractivity contribution is 0.0320. The number of ether oxygens (including phenoxy) is 1. The summed E-state index contributed by atoms with van der Waals surface area (Å²) in [6, 6.07) is 24.1. The highest BCUT2D eigenvalue weighted by Crippen LogP contribution is 2.27. The average molecular weight is 474 g/mol. The fourth-order valence-corrected chi connectivity index (χ4v) is 3.61. The van der Waals surface area contributed by atoms with E-state index in [0.717, 1.165) is 15.6 Å². The van der Waals surface area contributed by atoms with E-state index < -0.39 is 12.1 Å². The average Bonchev–Trinajstić information content (AvgIpc) is 2.78. The number of hydrogen-bond donors (Lipinski definition) is 0. The molecule has 0 N–H and O–H groups in total. The normalized spacial score (nSPS) is 11.8. The van der Waals surface area contributed by atoms with Gasteiger partial charge in [0, 0.05) is 21.0 Å². The molecular weight excluding hydrogens is 454 g/mol. The van der Waals surface area contributed by atoms with E-state index in [4.69, 9.17) is 9.72 Å². The maximum absolute atomic E-state index is 13.1. The summed E-state index contributed by atoms with van der Waals surface area (Å²) in [5, 5.41) is 0.684. The number of pyridine rings is 1. The van der Waals surface area contributed by atoms with Crippen LogP contribution in [-0.2, 0) is 4.74 Å². The Balaban J connectivity index is 1.67. The standard InChI is InChI=1S/C26H20BrNO3/c1-16-7-9-19(10-8-16)25(29)17(2)31-26(30)22-15-24(18-11-13-20(27)14-12-18)28-23-6-4-3-5-21(22)23/h3-15,17H,1-2H3/t17-/m1/s1. The highest BCUT2D eigenvalue weighted by molar-refractivity contribution is 9.10. The number of benzene rings is 3.